The molecule has 15 aromatic carbocycles. The number of benzene rings is 15. The first-order chi connectivity index (χ1) is 50.6. The van der Waals surface area contributed by atoms with E-state index in [0.717, 1.165) is 112 Å². The molecule has 0 unspecified atom stereocenters. The Morgan fingerprint density at radius 1 is 0.196 bits per heavy atom. The minimum Gasteiger partial charge on any atom is -0.292 e. The second-order valence-electron chi connectivity index (χ2n) is 26.8. The van der Waals surface area contributed by atoms with Gasteiger partial charge in [0.2, 0.25) is 0 Å². The summed E-state index contributed by atoms with van der Waals surface area (Å²) in [6, 6.07) is 137. The van der Waals surface area contributed by atoms with Crippen LogP contribution in [0.25, 0.3) is 134 Å². The summed E-state index contributed by atoms with van der Waals surface area (Å²) < 4.78 is 4.53. The number of hydrogen-bond acceptors (Lipinski definition) is 4. The largest absolute Gasteiger partial charge is 0.292 e. The van der Waals surface area contributed by atoms with Crippen LogP contribution in [-0.2, 0) is 10.8 Å². The second-order valence-corrected chi connectivity index (χ2v) is 26.8. The molecule has 6 heteroatoms. The monoisotopic (exact) mass is 1300 g/mol. The van der Waals surface area contributed by atoms with Crippen molar-refractivity contribution in [3.8, 4) is 101 Å². The molecule has 6 nitrogen and oxygen atoms in total. The van der Waals surface area contributed by atoms with Gasteiger partial charge in [0, 0.05) is 33.6 Å². The van der Waals surface area contributed by atoms with E-state index in [4.69, 9.17) is 19.9 Å². The van der Waals surface area contributed by atoms with E-state index in [1.165, 1.54) is 66.8 Å². The summed E-state index contributed by atoms with van der Waals surface area (Å²) in [6.45, 7) is 0. The molecular weight excluding hydrogens is 1240 g/mol. The number of nitrogens with zero attached hydrogens (tertiary/aromatic N) is 6. The van der Waals surface area contributed by atoms with Crippen LogP contribution in [0.4, 0.5) is 0 Å². The van der Waals surface area contributed by atoms with Gasteiger partial charge in [0.05, 0.1) is 55.3 Å². The molecule has 476 valence electrons. The Morgan fingerprint density at radius 2 is 0.451 bits per heavy atom. The second kappa shape index (κ2) is 23.7. The molecule has 0 N–H and O–H groups in total. The van der Waals surface area contributed by atoms with Crippen molar-refractivity contribution >= 4 is 33.1 Å². The van der Waals surface area contributed by atoms with E-state index in [0.29, 0.717) is 0 Å². The first-order valence-electron chi connectivity index (χ1n) is 34.9. The highest BCUT2D eigenvalue weighted by Crippen LogP contribution is 2.60. The van der Waals surface area contributed by atoms with Crippen LogP contribution in [0.15, 0.2) is 376 Å². The Kier molecular flexibility index (Phi) is 13.6. The fraction of sp³-hybridized carbons (Fsp3) is 0.0208. The lowest BCUT2D eigenvalue weighted by molar-refractivity contribution is 0.769. The maximum atomic E-state index is 5.72. The summed E-state index contributed by atoms with van der Waals surface area (Å²) in [7, 11) is 0. The molecule has 0 atom stereocenters. The Hall–Kier alpha value is -13.4. The Labute approximate surface area is 591 Å². The number of hydrogen-bond donors (Lipinski definition) is 0. The summed E-state index contributed by atoms with van der Waals surface area (Å²) >= 11 is 0. The predicted molar refractivity (Wildman–Crippen MR) is 416 cm³/mol. The van der Waals surface area contributed by atoms with Crippen molar-refractivity contribution in [3.63, 3.8) is 0 Å². The topological polar surface area (TPSA) is 61.4 Å². The van der Waals surface area contributed by atoms with Gasteiger partial charge in [0.25, 0.3) is 0 Å². The van der Waals surface area contributed by atoms with Crippen LogP contribution in [0.3, 0.4) is 0 Å². The van der Waals surface area contributed by atoms with Crippen LogP contribution in [0, 0.1) is 0 Å². The number of para-hydroxylation sites is 8. The molecule has 0 radical (unpaired) electrons. The van der Waals surface area contributed by atoms with Crippen LogP contribution in [0.5, 0.6) is 0 Å². The normalized spacial score (nSPS) is 13.1. The fourth-order valence-electron chi connectivity index (χ4n) is 16.8. The quantitative estimate of drug-likeness (QED) is 0.122. The van der Waals surface area contributed by atoms with Crippen LogP contribution in [0.2, 0.25) is 0 Å². The van der Waals surface area contributed by atoms with Gasteiger partial charge in [0.1, 0.15) is 11.6 Å². The molecule has 102 heavy (non-hydrogen) atoms. The van der Waals surface area contributed by atoms with Crippen molar-refractivity contribution in [1.29, 1.82) is 0 Å². The van der Waals surface area contributed by atoms with Gasteiger partial charge in [-0.15, -0.1) is 0 Å². The van der Waals surface area contributed by atoms with Crippen molar-refractivity contribution in [2.45, 2.75) is 10.8 Å². The van der Waals surface area contributed by atoms with Gasteiger partial charge in [-0.05, 0) is 174 Å². The molecule has 20 rings (SSSR count). The number of imidazole rings is 2. The smallest absolute Gasteiger partial charge is 0.145 e. The zero-order valence-electron chi connectivity index (χ0n) is 55.5. The average Bonchev–Trinajstić information content (AvgIpc) is 1.53. The summed E-state index contributed by atoms with van der Waals surface area (Å²) in [5.74, 6) is 1.81. The van der Waals surface area contributed by atoms with Gasteiger partial charge in [-0.3, -0.25) is 9.13 Å². The van der Waals surface area contributed by atoms with Crippen LogP contribution in [-0.4, -0.2) is 29.1 Å². The third-order valence-corrected chi connectivity index (χ3v) is 21.3. The van der Waals surface area contributed by atoms with E-state index >= 15 is 0 Å². The first-order valence-corrected chi connectivity index (χ1v) is 34.9. The number of fused-ring (bicyclic) bond motifs is 9. The molecule has 0 amide bonds. The molecule has 0 fully saturated rings. The summed E-state index contributed by atoms with van der Waals surface area (Å²) in [6.07, 6.45) is 0. The highest BCUT2D eigenvalue weighted by Gasteiger charge is 2.48. The van der Waals surface area contributed by atoms with Crippen molar-refractivity contribution in [2.24, 2.45) is 0 Å². The fourth-order valence-corrected chi connectivity index (χ4v) is 16.8. The van der Waals surface area contributed by atoms with Gasteiger partial charge >= 0.3 is 0 Å². The Bertz CT molecular complexity index is 5800. The molecule has 3 heterocycles. The minimum absolute atomic E-state index is 0.726. The van der Waals surface area contributed by atoms with Crippen molar-refractivity contribution in [1.82, 2.24) is 29.1 Å². The molecule has 0 aliphatic heterocycles. The number of aromatic nitrogens is 6. The Balaban J connectivity index is 0.731. The molecule has 18 aromatic rings. The van der Waals surface area contributed by atoms with E-state index in [1.807, 2.05) is 0 Å². The first kappa shape index (κ1) is 58.7. The van der Waals surface area contributed by atoms with E-state index in [2.05, 4.69) is 385 Å². The zero-order valence-corrected chi connectivity index (χ0v) is 55.5. The third kappa shape index (κ3) is 9.13. The van der Waals surface area contributed by atoms with Gasteiger partial charge < -0.3 is 0 Å². The van der Waals surface area contributed by atoms with Gasteiger partial charge in [0.15, 0.2) is 0 Å². The molecule has 3 aromatic heterocycles. The molecule has 2 aliphatic rings. The van der Waals surface area contributed by atoms with Crippen molar-refractivity contribution < 1.29 is 0 Å². The molecule has 0 saturated heterocycles. The highest BCUT2D eigenvalue weighted by atomic mass is 15.1. The maximum absolute atomic E-state index is 5.72. The standard InChI is InChI=1S/C96H62N6/c1-7-25-71(26-8-1)95(72-27-9-2-10-28-72)81-59-67(63-43-47-65(48-44-63)93-99-87-39-21-23-41-89(87)101(93)75-33-15-5-16-34-75)51-55-77(81)79-57-53-69(61-83(79)95)91-92(98-86-38-20-19-37-85(86)97-91)70-54-58-80-78-56-52-68(60-82(78)96(84(80)62-70,73-29-11-3-12-30-73)74-31-13-4-14-32-74)64-45-49-66(50-46-64)94-100-88-40-22-24-42-90(88)102(94)76-35-17-6-18-36-76/h1-62H. The van der Waals surface area contributed by atoms with E-state index in [9.17, 15) is 0 Å². The van der Waals surface area contributed by atoms with Crippen LogP contribution in [0.1, 0.15) is 44.5 Å². The average molecular weight is 1300 g/mol. The van der Waals surface area contributed by atoms with E-state index in [-0.39, 0.29) is 0 Å². The molecule has 0 saturated carbocycles. The lowest BCUT2D eigenvalue weighted by Gasteiger charge is -2.34. The molecule has 0 bridgehead atoms. The van der Waals surface area contributed by atoms with Crippen molar-refractivity contribution in [3.05, 3.63) is 421 Å². The van der Waals surface area contributed by atoms with Crippen molar-refractivity contribution in [2.75, 3.05) is 0 Å². The molecule has 2 aliphatic carbocycles. The molecular formula is C96H62N6. The van der Waals surface area contributed by atoms with Crippen LogP contribution >= 0.6 is 0 Å². The summed E-state index contributed by atoms with van der Waals surface area (Å²) in [5.41, 5.74) is 30.9. The van der Waals surface area contributed by atoms with Gasteiger partial charge in [-0.25, -0.2) is 19.9 Å². The lowest BCUT2D eigenvalue weighted by Crippen LogP contribution is -2.28. The third-order valence-electron chi connectivity index (χ3n) is 21.3. The van der Waals surface area contributed by atoms with Crippen LogP contribution < -0.4 is 0 Å². The lowest BCUT2D eigenvalue weighted by atomic mass is 9.67. The van der Waals surface area contributed by atoms with E-state index < -0.39 is 10.8 Å². The predicted octanol–water partition coefficient (Wildman–Crippen LogP) is 23.0. The Morgan fingerprint density at radius 3 is 0.784 bits per heavy atom. The van der Waals surface area contributed by atoms with Gasteiger partial charge in [-0.1, -0.05) is 291 Å². The summed E-state index contributed by atoms with van der Waals surface area (Å²) in [5, 5.41) is 0. The van der Waals surface area contributed by atoms with Gasteiger partial charge in [-0.2, -0.15) is 0 Å². The maximum Gasteiger partial charge on any atom is 0.145 e. The molecule has 0 spiro atoms. The van der Waals surface area contributed by atoms with E-state index in [1.54, 1.807) is 0 Å². The highest BCUT2D eigenvalue weighted by molar-refractivity contribution is 5.96. The minimum atomic E-state index is -0.726. The SMILES string of the molecule is c1ccc(-n2c(-c3ccc(-c4ccc5c(c4)C(c4ccccc4)(c4ccccc4)c4cc(-c6nc7ccccc7nc6-c6ccc7c(c6)C(c6ccccc6)(c6ccccc6)c6cc(-c8ccc(-c9nc%10ccccc%10n9-c9ccccc9)cc8)ccc6-7)ccc4-5)cc3)nc3ccccc32)cc1. The zero-order chi connectivity index (χ0) is 67.3. The summed E-state index contributed by atoms with van der Waals surface area (Å²) in [4.78, 5) is 21.9. The number of rotatable bonds is 12.